The maximum atomic E-state index is 14.9. The summed E-state index contributed by atoms with van der Waals surface area (Å²) in [5.41, 5.74) is 1.39. The van der Waals surface area contributed by atoms with Crippen LogP contribution in [-0.4, -0.2) is 58.9 Å². The Kier molecular flexibility index (Phi) is 9.49. The van der Waals surface area contributed by atoms with E-state index in [1.54, 1.807) is 13.2 Å². The topological polar surface area (TPSA) is 84.9 Å². The maximum Gasteiger partial charge on any atom is 0.267 e. The molecule has 1 amide bonds. The van der Waals surface area contributed by atoms with E-state index < -0.39 is 21.7 Å². The van der Waals surface area contributed by atoms with E-state index in [-0.39, 0.29) is 22.9 Å². The lowest BCUT2D eigenvalue weighted by Crippen LogP contribution is -2.43. The Labute approximate surface area is 240 Å². The molecule has 1 atom stereocenters. The van der Waals surface area contributed by atoms with Gasteiger partial charge in [-0.05, 0) is 86.5 Å². The number of benzene rings is 2. The number of hydrogen-bond acceptors (Lipinski definition) is 6. The summed E-state index contributed by atoms with van der Waals surface area (Å²) in [6.07, 6.45) is 5.25. The average Bonchev–Trinajstić information content (AvgIpc) is 3.68. The smallest absolute Gasteiger partial charge is 0.267 e. The number of amides is 1. The van der Waals surface area contributed by atoms with Gasteiger partial charge in [-0.1, -0.05) is 30.1 Å². The molecule has 1 saturated carbocycles. The van der Waals surface area contributed by atoms with Crippen molar-refractivity contribution < 1.29 is 27.1 Å². The highest BCUT2D eigenvalue weighted by molar-refractivity contribution is 7.89. The fraction of sp³-hybridized carbons (Fsp3) is 0.536. The van der Waals surface area contributed by atoms with Crippen LogP contribution in [0.1, 0.15) is 72.5 Å². The number of carbonyl (C=O) groups is 1. The highest BCUT2D eigenvalue weighted by Gasteiger charge is 2.35. The molecule has 4 rings (SSSR count). The average molecular weight is 602 g/mol. The van der Waals surface area contributed by atoms with Gasteiger partial charge in [0.05, 0.1) is 18.4 Å². The van der Waals surface area contributed by atoms with E-state index in [1.807, 2.05) is 16.9 Å². The lowest BCUT2D eigenvalue weighted by atomic mass is 9.80. The summed E-state index contributed by atoms with van der Waals surface area (Å²) in [6, 6.07) is 8.41. The standard InChI is InChI=1S/C28H35Cl2FN2O5S/c1-28(7-9-33(10-8-28)25(6-11-37-2)19-12-20(29)14-21(30)13-19)17-38-26-16-24(31)23(15-22(26)18-4-5-18)27(34)32-39(3,35)36/h12-16,18,25H,4-11,17H2,1-3H3,(H,32,34)/t25-/m0/s1. The van der Waals surface area contributed by atoms with Crippen molar-refractivity contribution in [3.63, 3.8) is 0 Å². The van der Waals surface area contributed by atoms with E-state index in [0.717, 1.165) is 62.6 Å². The van der Waals surface area contributed by atoms with Gasteiger partial charge in [-0.3, -0.25) is 9.69 Å². The largest absolute Gasteiger partial charge is 0.493 e. The number of nitrogens with one attached hydrogen (secondary N) is 1. The summed E-state index contributed by atoms with van der Waals surface area (Å²) in [5, 5.41) is 1.21. The first-order chi connectivity index (χ1) is 18.4. The lowest BCUT2D eigenvalue weighted by Gasteiger charge is -2.43. The number of sulfonamides is 1. The minimum Gasteiger partial charge on any atom is -0.493 e. The van der Waals surface area contributed by atoms with Crippen LogP contribution >= 0.6 is 23.2 Å². The van der Waals surface area contributed by atoms with E-state index >= 15 is 0 Å². The van der Waals surface area contributed by atoms with Crippen LogP contribution in [-0.2, 0) is 14.8 Å². The molecule has 11 heteroatoms. The number of hydrogen-bond donors (Lipinski definition) is 1. The number of rotatable bonds is 11. The van der Waals surface area contributed by atoms with Gasteiger partial charge in [0.2, 0.25) is 10.0 Å². The minimum atomic E-state index is -3.81. The van der Waals surface area contributed by atoms with Crippen molar-refractivity contribution in [2.45, 2.75) is 51.0 Å². The Balaban J connectivity index is 1.44. The lowest BCUT2D eigenvalue weighted by molar-refractivity contribution is 0.0377. The van der Waals surface area contributed by atoms with Gasteiger partial charge in [0.1, 0.15) is 11.6 Å². The fourth-order valence-electron chi connectivity index (χ4n) is 5.14. The zero-order chi connectivity index (χ0) is 28.4. The van der Waals surface area contributed by atoms with Gasteiger partial charge < -0.3 is 9.47 Å². The minimum absolute atomic E-state index is 0.118. The third kappa shape index (κ3) is 8.07. The van der Waals surface area contributed by atoms with Crippen LogP contribution in [0.5, 0.6) is 5.75 Å². The zero-order valence-corrected chi connectivity index (χ0v) is 24.8. The van der Waals surface area contributed by atoms with E-state index in [4.69, 9.17) is 32.7 Å². The van der Waals surface area contributed by atoms with E-state index in [0.29, 0.717) is 29.0 Å². The molecule has 1 heterocycles. The van der Waals surface area contributed by atoms with E-state index in [2.05, 4.69) is 11.8 Å². The molecule has 2 fully saturated rings. The first-order valence-corrected chi connectivity index (χ1v) is 15.7. The van der Waals surface area contributed by atoms with Crippen LogP contribution in [0.2, 0.25) is 10.0 Å². The molecule has 1 N–H and O–H groups in total. The van der Waals surface area contributed by atoms with E-state index in [1.165, 1.54) is 12.1 Å². The Hall–Kier alpha value is -1.91. The molecule has 0 spiro atoms. The molecule has 2 aromatic carbocycles. The predicted molar refractivity (Wildman–Crippen MR) is 151 cm³/mol. The second-order valence-corrected chi connectivity index (χ2v) is 13.6. The van der Waals surface area contributed by atoms with Gasteiger partial charge in [0.15, 0.2) is 0 Å². The molecule has 0 aromatic heterocycles. The number of likely N-dealkylation sites (tertiary alicyclic amines) is 1. The zero-order valence-electron chi connectivity index (χ0n) is 22.4. The first-order valence-electron chi connectivity index (χ1n) is 13.0. The molecule has 0 bridgehead atoms. The molecular formula is C28H35Cl2FN2O5S. The second kappa shape index (κ2) is 12.3. The SMILES string of the molecule is COCC[C@@H](c1cc(Cl)cc(Cl)c1)N1CCC(C)(COc2cc(F)c(C(=O)NS(C)(=O)=O)cc2C2CC2)CC1. The van der Waals surface area contributed by atoms with Gasteiger partial charge in [-0.15, -0.1) is 0 Å². The Morgan fingerprint density at radius 1 is 1.15 bits per heavy atom. The quantitative estimate of drug-likeness (QED) is 0.342. The maximum absolute atomic E-state index is 14.9. The highest BCUT2D eigenvalue weighted by Crippen LogP contribution is 2.46. The molecule has 39 heavy (non-hydrogen) atoms. The van der Waals surface area contributed by atoms with Crippen molar-refractivity contribution in [2.24, 2.45) is 5.41 Å². The summed E-state index contributed by atoms with van der Waals surface area (Å²) in [4.78, 5) is 14.8. The van der Waals surface area contributed by atoms with Crippen molar-refractivity contribution in [1.29, 1.82) is 0 Å². The van der Waals surface area contributed by atoms with Crippen LogP contribution in [0.25, 0.3) is 0 Å². The number of ether oxygens (including phenoxy) is 2. The number of halogens is 3. The molecule has 7 nitrogen and oxygen atoms in total. The molecule has 1 aliphatic carbocycles. The van der Waals surface area contributed by atoms with Crippen molar-refractivity contribution in [3.05, 3.63) is 62.9 Å². The number of nitrogens with zero attached hydrogens (tertiary/aromatic N) is 1. The van der Waals surface area contributed by atoms with Crippen LogP contribution in [0.3, 0.4) is 0 Å². The normalized spacial score (nSPS) is 18.5. The molecule has 1 aliphatic heterocycles. The predicted octanol–water partition coefficient (Wildman–Crippen LogP) is 5.96. The second-order valence-electron chi connectivity index (χ2n) is 11.0. The van der Waals surface area contributed by atoms with Crippen LogP contribution in [0.4, 0.5) is 4.39 Å². The monoisotopic (exact) mass is 600 g/mol. The van der Waals surface area contributed by atoms with Crippen molar-refractivity contribution in [3.8, 4) is 5.75 Å². The summed E-state index contributed by atoms with van der Waals surface area (Å²) in [5.74, 6) is -1.20. The molecular weight excluding hydrogens is 566 g/mol. The Morgan fingerprint density at radius 3 is 2.36 bits per heavy atom. The van der Waals surface area contributed by atoms with Crippen LogP contribution < -0.4 is 9.46 Å². The molecule has 0 radical (unpaired) electrons. The molecule has 1 saturated heterocycles. The van der Waals surface area contributed by atoms with Gasteiger partial charge in [-0.2, -0.15) is 0 Å². The van der Waals surface area contributed by atoms with Gasteiger partial charge in [-0.25, -0.2) is 17.5 Å². The van der Waals surface area contributed by atoms with Crippen molar-refractivity contribution >= 4 is 39.1 Å². The van der Waals surface area contributed by atoms with Crippen molar-refractivity contribution in [1.82, 2.24) is 9.62 Å². The van der Waals surface area contributed by atoms with Gasteiger partial charge >= 0.3 is 0 Å². The Bertz CT molecular complexity index is 1290. The fourth-order valence-corrected chi connectivity index (χ4v) is 6.13. The highest BCUT2D eigenvalue weighted by atomic mass is 35.5. The Morgan fingerprint density at radius 2 is 1.79 bits per heavy atom. The van der Waals surface area contributed by atoms with Gasteiger partial charge in [0, 0.05) is 41.3 Å². The molecule has 2 aliphatic rings. The first kappa shape index (κ1) is 30.1. The molecule has 0 unspecified atom stereocenters. The van der Waals surface area contributed by atoms with Crippen LogP contribution in [0, 0.1) is 11.2 Å². The molecule has 214 valence electrons. The summed E-state index contributed by atoms with van der Waals surface area (Å²) >= 11 is 12.6. The third-order valence-corrected chi connectivity index (χ3v) is 8.52. The third-order valence-electron chi connectivity index (χ3n) is 7.53. The number of piperidine rings is 1. The van der Waals surface area contributed by atoms with Gasteiger partial charge in [0.25, 0.3) is 5.91 Å². The van der Waals surface area contributed by atoms with E-state index in [9.17, 15) is 17.6 Å². The van der Waals surface area contributed by atoms with Crippen molar-refractivity contribution in [2.75, 3.05) is 39.7 Å². The number of carbonyl (C=O) groups excluding carboxylic acids is 1. The molecule has 2 aromatic rings. The number of methoxy groups -OCH3 is 1. The summed E-state index contributed by atoms with van der Waals surface area (Å²) in [7, 11) is -2.12. The summed E-state index contributed by atoms with van der Waals surface area (Å²) < 4.78 is 51.2. The van der Waals surface area contributed by atoms with Crippen LogP contribution in [0.15, 0.2) is 30.3 Å². The summed E-state index contributed by atoms with van der Waals surface area (Å²) in [6.45, 7) is 4.87.